The molecule has 8 heteroatoms. The largest absolute Gasteiger partial charge is 0.447 e. The van der Waals surface area contributed by atoms with Crippen molar-refractivity contribution in [2.24, 2.45) is 0 Å². The Morgan fingerprint density at radius 1 is 0.967 bits per heavy atom. The fraction of sp³-hybridized carbons (Fsp3) is 0.682. The second-order valence-corrected chi connectivity index (χ2v) is 9.00. The number of carbonyl (C=O) groups is 1. The first-order chi connectivity index (χ1) is 14.0. The number of fused-ring (bicyclic) bond motifs is 3. The molecule has 0 bridgehead atoms. The molecule has 0 saturated carbocycles. The summed E-state index contributed by atoms with van der Waals surface area (Å²) in [7, 11) is 1.50. The van der Waals surface area contributed by atoms with Gasteiger partial charge in [-0.3, -0.25) is 0 Å². The molecule has 3 heterocycles. The van der Waals surface area contributed by atoms with Crippen molar-refractivity contribution in [2.75, 3.05) is 13.7 Å². The molecule has 30 heavy (non-hydrogen) atoms. The Kier molecular flexibility index (Phi) is 5.45. The van der Waals surface area contributed by atoms with E-state index in [1.807, 2.05) is 33.8 Å². The second kappa shape index (κ2) is 7.55. The highest BCUT2D eigenvalue weighted by Crippen LogP contribution is 2.46. The summed E-state index contributed by atoms with van der Waals surface area (Å²) in [6.07, 6.45) is -3.13. The molecular weight excluding hydrogens is 392 g/mol. The molecule has 0 amide bonds. The van der Waals surface area contributed by atoms with Crippen LogP contribution in [0.15, 0.2) is 30.3 Å². The minimum atomic E-state index is -1.30. The molecule has 166 valence electrons. The summed E-state index contributed by atoms with van der Waals surface area (Å²) in [4.78, 5) is 13.0. The highest BCUT2D eigenvalue weighted by molar-refractivity contribution is 5.89. The van der Waals surface area contributed by atoms with Crippen LogP contribution in [0.2, 0.25) is 0 Å². The molecule has 3 aliphatic heterocycles. The van der Waals surface area contributed by atoms with E-state index >= 15 is 0 Å². The van der Waals surface area contributed by atoms with Crippen LogP contribution in [0.5, 0.6) is 0 Å². The first kappa shape index (κ1) is 21.7. The maximum Gasteiger partial charge on any atom is 0.338 e. The van der Waals surface area contributed by atoms with E-state index in [0.29, 0.717) is 5.56 Å². The lowest BCUT2D eigenvalue weighted by molar-refractivity contribution is -0.344. The highest BCUT2D eigenvalue weighted by Gasteiger charge is 2.64. The van der Waals surface area contributed by atoms with Gasteiger partial charge >= 0.3 is 5.97 Å². The fourth-order valence-electron chi connectivity index (χ4n) is 4.34. The van der Waals surface area contributed by atoms with Crippen molar-refractivity contribution in [1.82, 2.24) is 0 Å². The molecule has 0 aromatic heterocycles. The maximum absolute atomic E-state index is 13.0. The van der Waals surface area contributed by atoms with Crippen molar-refractivity contribution in [3.8, 4) is 0 Å². The van der Waals surface area contributed by atoms with Crippen LogP contribution in [-0.4, -0.2) is 67.6 Å². The summed E-state index contributed by atoms with van der Waals surface area (Å²) in [5, 5.41) is 0. The lowest BCUT2D eigenvalue weighted by Gasteiger charge is -2.42. The quantitative estimate of drug-likeness (QED) is 0.688. The fourth-order valence-corrected chi connectivity index (χ4v) is 4.34. The predicted octanol–water partition coefficient (Wildman–Crippen LogP) is 2.64. The summed E-state index contributed by atoms with van der Waals surface area (Å²) >= 11 is 0. The van der Waals surface area contributed by atoms with Gasteiger partial charge in [0.2, 0.25) is 0 Å². The Balaban J connectivity index is 1.72. The van der Waals surface area contributed by atoms with Crippen molar-refractivity contribution in [1.29, 1.82) is 0 Å². The summed E-state index contributed by atoms with van der Waals surface area (Å²) < 4.78 is 42.4. The lowest BCUT2D eigenvalue weighted by Crippen LogP contribution is -2.58. The predicted molar refractivity (Wildman–Crippen MR) is 105 cm³/mol. The molecule has 3 unspecified atom stereocenters. The third-order valence-corrected chi connectivity index (χ3v) is 5.70. The van der Waals surface area contributed by atoms with Crippen molar-refractivity contribution in [3.05, 3.63) is 35.9 Å². The molecule has 0 aliphatic carbocycles. The van der Waals surface area contributed by atoms with Crippen LogP contribution < -0.4 is 0 Å². The van der Waals surface area contributed by atoms with E-state index in [1.54, 1.807) is 31.2 Å². The summed E-state index contributed by atoms with van der Waals surface area (Å²) in [6, 6.07) is 8.77. The molecule has 3 fully saturated rings. The third-order valence-electron chi connectivity index (χ3n) is 5.70. The molecule has 4 rings (SSSR count). The molecule has 6 atom stereocenters. The van der Waals surface area contributed by atoms with Crippen molar-refractivity contribution < 1.29 is 38.0 Å². The molecule has 3 aliphatic rings. The maximum atomic E-state index is 13.0. The number of hydrogen-bond acceptors (Lipinski definition) is 8. The minimum absolute atomic E-state index is 0.285. The van der Waals surface area contributed by atoms with E-state index in [4.69, 9.17) is 33.2 Å². The average Bonchev–Trinajstić information content (AvgIpc) is 2.99. The molecule has 0 N–H and O–H groups in total. The van der Waals surface area contributed by atoms with Crippen LogP contribution >= 0.6 is 0 Å². The number of hydrogen-bond donors (Lipinski definition) is 0. The molecular formula is C22H30O8. The van der Waals surface area contributed by atoms with Gasteiger partial charge in [-0.2, -0.15) is 0 Å². The Morgan fingerprint density at radius 2 is 1.63 bits per heavy atom. The zero-order valence-electron chi connectivity index (χ0n) is 18.2. The van der Waals surface area contributed by atoms with Gasteiger partial charge in [0.05, 0.1) is 12.2 Å². The van der Waals surface area contributed by atoms with Crippen molar-refractivity contribution in [3.63, 3.8) is 0 Å². The number of ether oxygens (including phenoxy) is 7. The van der Waals surface area contributed by atoms with E-state index in [-0.39, 0.29) is 6.61 Å². The number of benzene rings is 1. The van der Waals surface area contributed by atoms with E-state index < -0.39 is 53.9 Å². The Labute approximate surface area is 176 Å². The van der Waals surface area contributed by atoms with Crippen LogP contribution in [0, 0.1) is 0 Å². The molecule has 3 saturated heterocycles. The number of carbonyl (C=O) groups excluding carboxylic acids is 1. The van der Waals surface area contributed by atoms with Crippen LogP contribution in [-0.2, 0) is 33.2 Å². The van der Waals surface area contributed by atoms with Crippen molar-refractivity contribution >= 4 is 5.97 Å². The monoisotopic (exact) mass is 422 g/mol. The van der Waals surface area contributed by atoms with Crippen LogP contribution in [0.3, 0.4) is 0 Å². The van der Waals surface area contributed by atoms with Crippen LogP contribution in [0.4, 0.5) is 0 Å². The topological polar surface area (TPSA) is 81.7 Å². The molecule has 0 spiro atoms. The molecule has 8 nitrogen and oxygen atoms in total. The van der Waals surface area contributed by atoms with Gasteiger partial charge < -0.3 is 33.2 Å². The Hall–Kier alpha value is -1.55. The zero-order chi connectivity index (χ0) is 21.7. The average molecular weight is 422 g/mol. The lowest BCUT2D eigenvalue weighted by atomic mass is 9.90. The third kappa shape index (κ3) is 3.88. The first-order valence-electron chi connectivity index (χ1n) is 10.2. The Morgan fingerprint density at radius 3 is 2.30 bits per heavy atom. The number of rotatable bonds is 3. The number of esters is 1. The van der Waals surface area contributed by atoms with E-state index in [9.17, 15) is 4.79 Å². The normalized spacial score (nSPS) is 39.5. The van der Waals surface area contributed by atoms with Crippen LogP contribution in [0.25, 0.3) is 0 Å². The first-order valence-corrected chi connectivity index (χ1v) is 10.2. The van der Waals surface area contributed by atoms with Gasteiger partial charge in [-0.1, -0.05) is 18.2 Å². The standard InChI is InChI=1S/C22H30O8/c1-20(2)25-12-14-15(27-20)16-17(29-21(3,4)28-16)22(5,19(24-6)26-14)30-18(23)13-10-8-7-9-11-13/h7-11,14-17,19H,12H2,1-6H3/t14?,15-,16-,17?,19-,22?/m0/s1. The smallest absolute Gasteiger partial charge is 0.338 e. The summed E-state index contributed by atoms with van der Waals surface area (Å²) in [5.41, 5.74) is -0.879. The summed E-state index contributed by atoms with van der Waals surface area (Å²) in [6.45, 7) is 9.35. The molecule has 1 aromatic carbocycles. The van der Waals surface area contributed by atoms with Gasteiger partial charge in [0, 0.05) is 7.11 Å². The van der Waals surface area contributed by atoms with Gasteiger partial charge in [0.15, 0.2) is 23.5 Å². The van der Waals surface area contributed by atoms with Gasteiger partial charge in [-0.05, 0) is 46.8 Å². The van der Waals surface area contributed by atoms with E-state index in [2.05, 4.69) is 0 Å². The van der Waals surface area contributed by atoms with Crippen LogP contribution in [0.1, 0.15) is 45.0 Å². The van der Waals surface area contributed by atoms with Gasteiger partial charge in [0.1, 0.15) is 24.4 Å². The SMILES string of the molecule is CO[C@H]1OC2COC(C)(C)O[C@@H]2[C@@H]2OC(C)(C)OC2C1(C)OC(=O)c1ccccc1. The minimum Gasteiger partial charge on any atom is -0.447 e. The van der Waals surface area contributed by atoms with Gasteiger partial charge in [-0.25, -0.2) is 4.79 Å². The second-order valence-electron chi connectivity index (χ2n) is 9.00. The van der Waals surface area contributed by atoms with Crippen molar-refractivity contribution in [2.45, 2.75) is 82.5 Å². The van der Waals surface area contributed by atoms with Gasteiger partial charge in [-0.15, -0.1) is 0 Å². The van der Waals surface area contributed by atoms with E-state index in [1.165, 1.54) is 7.11 Å². The molecule has 0 radical (unpaired) electrons. The highest BCUT2D eigenvalue weighted by atomic mass is 16.8. The summed E-state index contributed by atoms with van der Waals surface area (Å²) in [5.74, 6) is -2.21. The van der Waals surface area contributed by atoms with E-state index in [0.717, 1.165) is 0 Å². The number of methoxy groups -OCH3 is 1. The zero-order valence-corrected chi connectivity index (χ0v) is 18.2. The van der Waals surface area contributed by atoms with Gasteiger partial charge in [0.25, 0.3) is 0 Å². The Bertz CT molecular complexity index is 779. The molecule has 1 aromatic rings.